The van der Waals surface area contributed by atoms with E-state index in [0.717, 1.165) is 6.42 Å². The maximum absolute atomic E-state index is 12.7. The summed E-state index contributed by atoms with van der Waals surface area (Å²) >= 11 is 0. The third-order valence-corrected chi connectivity index (χ3v) is 5.25. The summed E-state index contributed by atoms with van der Waals surface area (Å²) in [5, 5.41) is 0. The molecule has 0 spiro atoms. The summed E-state index contributed by atoms with van der Waals surface area (Å²) in [5.74, 6) is 0.304. The molecule has 112 valence electrons. The Kier molecular flexibility index (Phi) is 4.52. The first-order valence-corrected chi connectivity index (χ1v) is 7.98. The third kappa shape index (κ3) is 2.89. The van der Waals surface area contributed by atoms with Gasteiger partial charge in [0.2, 0.25) is 10.0 Å². The predicted molar refractivity (Wildman–Crippen MR) is 76.2 cm³/mol. The molecule has 1 atom stereocenters. The van der Waals surface area contributed by atoms with Crippen molar-refractivity contribution in [1.29, 1.82) is 0 Å². The Labute approximate surface area is 119 Å². The van der Waals surface area contributed by atoms with E-state index in [4.69, 9.17) is 15.2 Å². The Morgan fingerprint density at radius 2 is 2.25 bits per heavy atom. The first-order chi connectivity index (χ1) is 9.48. The number of morpholine rings is 1. The molecular formula is C13H20N2O4S. The van der Waals surface area contributed by atoms with Crippen molar-refractivity contribution in [2.24, 2.45) is 0 Å². The van der Waals surface area contributed by atoms with Crippen molar-refractivity contribution in [1.82, 2.24) is 4.31 Å². The fourth-order valence-corrected chi connectivity index (χ4v) is 3.84. The van der Waals surface area contributed by atoms with Crippen molar-refractivity contribution in [3.05, 3.63) is 18.2 Å². The molecule has 0 bridgehead atoms. The number of hydrogen-bond donors (Lipinski definition) is 1. The minimum absolute atomic E-state index is 0.0643. The van der Waals surface area contributed by atoms with Gasteiger partial charge in [-0.25, -0.2) is 8.42 Å². The van der Waals surface area contributed by atoms with Gasteiger partial charge in [0, 0.05) is 18.8 Å². The predicted octanol–water partition coefficient (Wildman–Crippen LogP) is 1.08. The second kappa shape index (κ2) is 5.99. The van der Waals surface area contributed by atoms with Gasteiger partial charge in [0.15, 0.2) is 0 Å². The third-order valence-electron chi connectivity index (χ3n) is 3.36. The Morgan fingerprint density at radius 1 is 1.50 bits per heavy atom. The van der Waals surface area contributed by atoms with Crippen LogP contribution in [-0.2, 0) is 14.8 Å². The molecule has 7 heteroatoms. The average molecular weight is 300 g/mol. The molecule has 1 aromatic rings. The molecular weight excluding hydrogens is 280 g/mol. The lowest BCUT2D eigenvalue weighted by Crippen LogP contribution is -2.45. The van der Waals surface area contributed by atoms with Crippen molar-refractivity contribution < 1.29 is 17.9 Å². The lowest BCUT2D eigenvalue weighted by molar-refractivity contribution is -0.00281. The second-order valence-corrected chi connectivity index (χ2v) is 6.58. The van der Waals surface area contributed by atoms with Gasteiger partial charge in [0.05, 0.1) is 19.8 Å². The topological polar surface area (TPSA) is 81.9 Å². The molecule has 2 N–H and O–H groups in total. The molecule has 6 nitrogen and oxygen atoms in total. The molecule has 20 heavy (non-hydrogen) atoms. The Morgan fingerprint density at radius 3 is 2.90 bits per heavy atom. The van der Waals surface area contributed by atoms with Gasteiger partial charge in [0.1, 0.15) is 10.6 Å². The number of hydrogen-bond acceptors (Lipinski definition) is 5. The molecule has 1 aliphatic heterocycles. The van der Waals surface area contributed by atoms with Gasteiger partial charge in [-0.2, -0.15) is 4.31 Å². The molecule has 1 saturated heterocycles. The Hall–Kier alpha value is -1.31. The normalized spacial score (nSPS) is 20.8. The maximum atomic E-state index is 12.7. The van der Waals surface area contributed by atoms with E-state index in [9.17, 15) is 8.42 Å². The van der Waals surface area contributed by atoms with Gasteiger partial charge in [0.25, 0.3) is 0 Å². The summed E-state index contributed by atoms with van der Waals surface area (Å²) in [4.78, 5) is 0.108. The van der Waals surface area contributed by atoms with Crippen LogP contribution in [-0.4, -0.2) is 45.6 Å². The minimum Gasteiger partial charge on any atom is -0.495 e. The fraction of sp³-hybridized carbons (Fsp3) is 0.538. The van der Waals surface area contributed by atoms with Crippen LogP contribution in [0.3, 0.4) is 0 Å². The summed E-state index contributed by atoms with van der Waals surface area (Å²) in [5.41, 5.74) is 6.09. The van der Waals surface area contributed by atoms with E-state index in [1.807, 2.05) is 6.92 Å². The van der Waals surface area contributed by atoms with Gasteiger partial charge in [-0.3, -0.25) is 0 Å². The van der Waals surface area contributed by atoms with Crippen LogP contribution in [0.25, 0.3) is 0 Å². The number of rotatable bonds is 4. The molecule has 1 heterocycles. The SMILES string of the molecule is CCC1CN(S(=O)(=O)c2cc(N)ccc2OC)CCO1. The van der Waals surface area contributed by atoms with Crippen LogP contribution in [0.5, 0.6) is 5.75 Å². The van der Waals surface area contributed by atoms with Gasteiger partial charge < -0.3 is 15.2 Å². The molecule has 0 amide bonds. The average Bonchev–Trinajstić information content (AvgIpc) is 2.47. The number of anilines is 1. The largest absolute Gasteiger partial charge is 0.495 e. The van der Waals surface area contributed by atoms with Crippen LogP contribution in [0.15, 0.2) is 23.1 Å². The zero-order valence-corrected chi connectivity index (χ0v) is 12.5. The first-order valence-electron chi connectivity index (χ1n) is 6.54. The molecule has 1 unspecified atom stereocenters. The number of nitrogen functional groups attached to an aromatic ring is 1. The van der Waals surface area contributed by atoms with Crippen molar-refractivity contribution in [2.75, 3.05) is 32.5 Å². The Bertz CT molecular complexity index is 574. The van der Waals surface area contributed by atoms with Crippen molar-refractivity contribution in [3.63, 3.8) is 0 Å². The highest BCUT2D eigenvalue weighted by Crippen LogP contribution is 2.29. The van der Waals surface area contributed by atoms with E-state index in [1.54, 1.807) is 12.1 Å². The summed E-state index contributed by atoms with van der Waals surface area (Å²) in [6, 6.07) is 4.62. The number of nitrogens with two attached hydrogens (primary N) is 1. The van der Waals surface area contributed by atoms with E-state index >= 15 is 0 Å². The second-order valence-electron chi connectivity index (χ2n) is 4.67. The summed E-state index contributed by atoms with van der Waals surface area (Å²) in [6.45, 7) is 3.08. The summed E-state index contributed by atoms with van der Waals surface area (Å²) < 4.78 is 37.5. The standard InChI is InChI=1S/C13H20N2O4S/c1-3-11-9-15(6-7-19-11)20(16,17)13-8-10(14)4-5-12(13)18-2/h4-5,8,11H,3,6-7,9,14H2,1-2H3. The van der Waals surface area contributed by atoms with Crippen LogP contribution < -0.4 is 10.5 Å². The molecule has 1 fully saturated rings. The maximum Gasteiger partial charge on any atom is 0.247 e. The summed E-state index contributed by atoms with van der Waals surface area (Å²) in [6.07, 6.45) is 0.714. The van der Waals surface area contributed by atoms with Crippen LogP contribution in [0.1, 0.15) is 13.3 Å². The van der Waals surface area contributed by atoms with Crippen LogP contribution in [0.4, 0.5) is 5.69 Å². The number of nitrogens with zero attached hydrogens (tertiary/aromatic N) is 1. The fourth-order valence-electron chi connectivity index (χ4n) is 2.19. The highest BCUT2D eigenvalue weighted by Gasteiger charge is 2.32. The molecule has 1 aromatic carbocycles. The van der Waals surface area contributed by atoms with Gasteiger partial charge in [-0.15, -0.1) is 0 Å². The van der Waals surface area contributed by atoms with E-state index in [1.165, 1.54) is 17.5 Å². The highest BCUT2D eigenvalue weighted by molar-refractivity contribution is 7.89. The smallest absolute Gasteiger partial charge is 0.247 e. The van der Waals surface area contributed by atoms with Crippen LogP contribution >= 0.6 is 0 Å². The Balaban J connectivity index is 2.37. The van der Waals surface area contributed by atoms with Crippen molar-refractivity contribution in [3.8, 4) is 5.75 Å². The number of benzene rings is 1. The van der Waals surface area contributed by atoms with Gasteiger partial charge >= 0.3 is 0 Å². The minimum atomic E-state index is -3.62. The lowest BCUT2D eigenvalue weighted by atomic mass is 10.2. The van der Waals surface area contributed by atoms with Crippen LogP contribution in [0, 0.1) is 0 Å². The van der Waals surface area contributed by atoms with Crippen LogP contribution in [0.2, 0.25) is 0 Å². The van der Waals surface area contributed by atoms with Gasteiger partial charge in [-0.1, -0.05) is 6.92 Å². The quantitative estimate of drug-likeness (QED) is 0.841. The molecule has 1 aliphatic rings. The van der Waals surface area contributed by atoms with Gasteiger partial charge in [-0.05, 0) is 24.6 Å². The van der Waals surface area contributed by atoms with E-state index in [-0.39, 0.29) is 11.0 Å². The zero-order chi connectivity index (χ0) is 14.8. The molecule has 0 aliphatic carbocycles. The molecule has 0 saturated carbocycles. The van der Waals surface area contributed by atoms with E-state index < -0.39 is 10.0 Å². The number of sulfonamides is 1. The van der Waals surface area contributed by atoms with Crippen molar-refractivity contribution in [2.45, 2.75) is 24.3 Å². The number of methoxy groups -OCH3 is 1. The monoisotopic (exact) mass is 300 g/mol. The van der Waals surface area contributed by atoms with Crippen molar-refractivity contribution >= 4 is 15.7 Å². The molecule has 0 radical (unpaired) electrons. The molecule has 0 aromatic heterocycles. The first kappa shape index (κ1) is 15.1. The number of ether oxygens (including phenoxy) is 2. The highest BCUT2D eigenvalue weighted by atomic mass is 32.2. The van der Waals surface area contributed by atoms with E-state index in [2.05, 4.69) is 0 Å². The summed E-state index contributed by atoms with van der Waals surface area (Å²) in [7, 11) is -2.18. The molecule has 2 rings (SSSR count). The lowest BCUT2D eigenvalue weighted by Gasteiger charge is -2.32. The van der Waals surface area contributed by atoms with E-state index in [0.29, 0.717) is 31.1 Å². The zero-order valence-electron chi connectivity index (χ0n) is 11.7.